The molecular weight excluding hydrogens is 133 g/mol. The molecule has 0 saturated carbocycles. The second kappa shape index (κ2) is 5.15. The minimum atomic E-state index is -0.382. The molecule has 0 radical (unpaired) electrons. The van der Waals surface area contributed by atoms with Gasteiger partial charge in [-0.15, -0.1) is 0 Å². The maximum Gasteiger partial charge on any atom is 0.373 e. The summed E-state index contributed by atoms with van der Waals surface area (Å²) >= 11 is 1.78. The summed E-state index contributed by atoms with van der Waals surface area (Å²) in [5, 5.41) is 11.8. The Balaban J connectivity index is 3.15. The first-order valence-electron chi connectivity index (χ1n) is 3.10. The van der Waals surface area contributed by atoms with E-state index in [1.807, 2.05) is 0 Å². The monoisotopic (exact) mass is 147 g/mol. The van der Waals surface area contributed by atoms with Gasteiger partial charge in [-0.05, 0) is 20.0 Å². The van der Waals surface area contributed by atoms with E-state index < -0.39 is 0 Å². The predicted molar refractivity (Wildman–Crippen MR) is 44.8 cm³/mol. The van der Waals surface area contributed by atoms with Crippen molar-refractivity contribution in [3.63, 3.8) is 0 Å². The SMILES string of the molecule is CSC[C@H](C)NB(C)O. The lowest BCUT2D eigenvalue weighted by atomic mass is 9.88. The van der Waals surface area contributed by atoms with Gasteiger partial charge in [0.15, 0.2) is 0 Å². The number of nitrogens with one attached hydrogen (secondary N) is 1. The highest BCUT2D eigenvalue weighted by molar-refractivity contribution is 7.98. The van der Waals surface area contributed by atoms with Crippen LogP contribution in [0.5, 0.6) is 0 Å². The van der Waals surface area contributed by atoms with Gasteiger partial charge in [0.25, 0.3) is 0 Å². The molecule has 0 aromatic carbocycles. The fraction of sp³-hybridized carbons (Fsp3) is 1.00. The molecule has 1 atom stereocenters. The summed E-state index contributed by atoms with van der Waals surface area (Å²) in [6.07, 6.45) is 2.06. The van der Waals surface area contributed by atoms with Crippen molar-refractivity contribution < 1.29 is 5.02 Å². The van der Waals surface area contributed by atoms with Gasteiger partial charge in [-0.1, -0.05) is 0 Å². The molecule has 0 heterocycles. The average Bonchev–Trinajstić information content (AvgIpc) is 1.63. The summed E-state index contributed by atoms with van der Waals surface area (Å²) in [6.45, 7) is 3.79. The van der Waals surface area contributed by atoms with Gasteiger partial charge in [-0.3, -0.25) is 0 Å². The quantitative estimate of drug-likeness (QED) is 0.566. The summed E-state index contributed by atoms with van der Waals surface area (Å²) in [5.74, 6) is 1.05. The molecule has 0 bridgehead atoms. The fourth-order valence-electron chi connectivity index (χ4n) is 0.710. The topological polar surface area (TPSA) is 32.3 Å². The molecule has 54 valence electrons. The molecule has 2 N–H and O–H groups in total. The molecule has 0 rings (SSSR count). The average molecular weight is 147 g/mol. The molecule has 0 aliphatic carbocycles. The van der Waals surface area contributed by atoms with Gasteiger partial charge in [0.2, 0.25) is 0 Å². The van der Waals surface area contributed by atoms with E-state index in [-0.39, 0.29) is 7.05 Å². The van der Waals surface area contributed by atoms with Crippen molar-refractivity contribution in [1.82, 2.24) is 5.23 Å². The highest BCUT2D eigenvalue weighted by atomic mass is 32.2. The van der Waals surface area contributed by atoms with Crippen molar-refractivity contribution in [1.29, 1.82) is 0 Å². The van der Waals surface area contributed by atoms with E-state index in [9.17, 15) is 0 Å². The van der Waals surface area contributed by atoms with Crippen molar-refractivity contribution in [2.75, 3.05) is 12.0 Å². The molecule has 0 aliphatic rings. The van der Waals surface area contributed by atoms with Gasteiger partial charge in [0, 0.05) is 11.8 Å². The first-order chi connectivity index (χ1) is 4.16. The van der Waals surface area contributed by atoms with Crippen LogP contribution in [0.15, 0.2) is 0 Å². The second-order valence-corrected chi connectivity index (χ2v) is 3.11. The van der Waals surface area contributed by atoms with Crippen LogP contribution < -0.4 is 5.23 Å². The van der Waals surface area contributed by atoms with Crippen LogP contribution in [0.25, 0.3) is 0 Å². The van der Waals surface area contributed by atoms with E-state index in [4.69, 9.17) is 5.02 Å². The Morgan fingerprint density at radius 3 is 2.67 bits per heavy atom. The minimum absolute atomic E-state index is 0.382. The summed E-state index contributed by atoms with van der Waals surface area (Å²) in [5.41, 5.74) is 0. The predicted octanol–water partition coefficient (Wildman–Crippen LogP) is 0.438. The standard InChI is InChI=1S/C5H14BNOS/c1-5(4-9-3)7-6(2)8/h5,7-8H,4H2,1-3H3/t5-/m0/s1. The third-order valence-electron chi connectivity index (χ3n) is 0.942. The highest BCUT2D eigenvalue weighted by Crippen LogP contribution is 1.95. The second-order valence-electron chi connectivity index (χ2n) is 2.20. The lowest BCUT2D eigenvalue weighted by Gasteiger charge is -2.11. The van der Waals surface area contributed by atoms with Gasteiger partial charge in [-0.25, -0.2) is 0 Å². The summed E-state index contributed by atoms with van der Waals surface area (Å²) in [4.78, 5) is 0. The van der Waals surface area contributed by atoms with E-state index in [0.717, 1.165) is 5.75 Å². The number of hydrogen-bond donors (Lipinski definition) is 2. The Labute approximate surface area is 61.5 Å². The van der Waals surface area contributed by atoms with Gasteiger partial charge < -0.3 is 10.3 Å². The Hall–Kier alpha value is 0.335. The third kappa shape index (κ3) is 6.22. The van der Waals surface area contributed by atoms with Crippen LogP contribution in [0.1, 0.15) is 6.92 Å². The molecule has 0 saturated heterocycles. The largest absolute Gasteiger partial charge is 0.437 e. The van der Waals surface area contributed by atoms with Crippen LogP contribution in [-0.2, 0) is 0 Å². The van der Waals surface area contributed by atoms with Crippen LogP contribution in [0, 0.1) is 0 Å². The van der Waals surface area contributed by atoms with E-state index in [0.29, 0.717) is 6.04 Å². The summed E-state index contributed by atoms with van der Waals surface area (Å²) < 4.78 is 0. The first-order valence-corrected chi connectivity index (χ1v) is 4.49. The molecule has 0 aromatic rings. The van der Waals surface area contributed by atoms with Crippen molar-refractivity contribution in [3.05, 3.63) is 0 Å². The Kier molecular flexibility index (Phi) is 5.34. The molecule has 0 aliphatic heterocycles. The van der Waals surface area contributed by atoms with E-state index >= 15 is 0 Å². The van der Waals surface area contributed by atoms with Crippen molar-refractivity contribution in [3.8, 4) is 0 Å². The zero-order chi connectivity index (χ0) is 7.28. The number of rotatable bonds is 4. The molecule has 2 nitrogen and oxygen atoms in total. The Bertz CT molecular complexity index is 72.0. The van der Waals surface area contributed by atoms with E-state index in [1.165, 1.54) is 0 Å². The highest BCUT2D eigenvalue weighted by Gasteiger charge is 2.06. The molecule has 0 aromatic heterocycles. The van der Waals surface area contributed by atoms with Gasteiger partial charge >= 0.3 is 7.05 Å². The normalized spacial score (nSPS) is 13.3. The number of thioether (sulfide) groups is 1. The summed E-state index contributed by atoms with van der Waals surface area (Å²) in [7, 11) is -0.382. The van der Waals surface area contributed by atoms with Crippen molar-refractivity contribution in [2.45, 2.75) is 19.8 Å². The zero-order valence-electron chi connectivity index (χ0n) is 6.22. The van der Waals surface area contributed by atoms with Crippen LogP contribution in [-0.4, -0.2) is 30.1 Å². The zero-order valence-corrected chi connectivity index (χ0v) is 7.03. The molecule has 4 heteroatoms. The maximum atomic E-state index is 8.83. The van der Waals surface area contributed by atoms with Crippen molar-refractivity contribution in [2.24, 2.45) is 0 Å². The van der Waals surface area contributed by atoms with Crippen LogP contribution in [0.3, 0.4) is 0 Å². The van der Waals surface area contributed by atoms with Gasteiger partial charge in [0.05, 0.1) is 0 Å². The van der Waals surface area contributed by atoms with Gasteiger partial charge in [0.1, 0.15) is 0 Å². The number of hydrogen-bond acceptors (Lipinski definition) is 3. The van der Waals surface area contributed by atoms with Crippen LogP contribution >= 0.6 is 11.8 Å². The minimum Gasteiger partial charge on any atom is -0.437 e. The third-order valence-corrected chi connectivity index (χ3v) is 1.78. The first kappa shape index (κ1) is 9.33. The maximum absolute atomic E-state index is 8.83. The Morgan fingerprint density at radius 1 is 1.78 bits per heavy atom. The van der Waals surface area contributed by atoms with E-state index in [2.05, 4.69) is 18.4 Å². The molecule has 0 fully saturated rings. The van der Waals surface area contributed by atoms with Gasteiger partial charge in [-0.2, -0.15) is 11.8 Å². The molecule has 0 unspecified atom stereocenters. The molecular formula is C5H14BNOS. The van der Waals surface area contributed by atoms with Crippen molar-refractivity contribution >= 4 is 18.8 Å². The smallest absolute Gasteiger partial charge is 0.373 e. The molecule has 0 amide bonds. The molecule has 9 heavy (non-hydrogen) atoms. The fourth-order valence-corrected chi connectivity index (χ4v) is 1.31. The summed E-state index contributed by atoms with van der Waals surface area (Å²) in [6, 6.07) is 0.403. The lowest BCUT2D eigenvalue weighted by molar-refractivity contribution is 0.539. The molecule has 0 spiro atoms. The van der Waals surface area contributed by atoms with Crippen LogP contribution in [0.2, 0.25) is 6.82 Å². The lowest BCUT2D eigenvalue weighted by Crippen LogP contribution is -2.39. The van der Waals surface area contributed by atoms with E-state index in [1.54, 1.807) is 18.6 Å². The van der Waals surface area contributed by atoms with Crippen LogP contribution in [0.4, 0.5) is 0 Å². The Morgan fingerprint density at radius 2 is 2.33 bits per heavy atom.